The van der Waals surface area contributed by atoms with Crippen molar-refractivity contribution in [3.63, 3.8) is 0 Å². The summed E-state index contributed by atoms with van der Waals surface area (Å²) >= 11 is 0. The Hall–Kier alpha value is -4.05. The van der Waals surface area contributed by atoms with Gasteiger partial charge in [-0.3, -0.25) is 14.3 Å². The molecule has 0 saturated heterocycles. The van der Waals surface area contributed by atoms with Crippen LogP contribution in [0.2, 0.25) is 0 Å². The number of anilines is 3. The molecule has 2 amide bonds. The summed E-state index contributed by atoms with van der Waals surface area (Å²) in [6.45, 7) is 6.34. The molecule has 0 aromatic heterocycles. The fourth-order valence-corrected chi connectivity index (χ4v) is 4.16. The van der Waals surface area contributed by atoms with Gasteiger partial charge < -0.3 is 20.1 Å². The summed E-state index contributed by atoms with van der Waals surface area (Å²) in [6.07, 6.45) is 1.01. The molecule has 0 spiro atoms. The van der Waals surface area contributed by atoms with E-state index in [4.69, 9.17) is 9.47 Å². The molecule has 0 saturated carbocycles. The summed E-state index contributed by atoms with van der Waals surface area (Å²) in [5, 5.41) is 5.51. The molecule has 0 aliphatic carbocycles. The van der Waals surface area contributed by atoms with E-state index in [9.17, 15) is 18.0 Å². The summed E-state index contributed by atoms with van der Waals surface area (Å²) in [7, 11) is -3.58. The molecule has 0 fully saturated rings. The van der Waals surface area contributed by atoms with Crippen molar-refractivity contribution in [2.24, 2.45) is 0 Å². The number of hydrogen-bond acceptors (Lipinski definition) is 6. The average Bonchev–Trinajstić information content (AvgIpc) is 3.26. The van der Waals surface area contributed by atoms with Gasteiger partial charge in [0.25, 0.3) is 11.8 Å². The highest BCUT2D eigenvalue weighted by Crippen LogP contribution is 2.34. The number of rotatable bonds is 6. The van der Waals surface area contributed by atoms with Gasteiger partial charge in [0.1, 0.15) is 0 Å². The molecule has 0 radical (unpaired) electrons. The number of carbonyl (C=O) groups excluding carboxylic acids is 2. The standard InChI is InChI=1S/C26H27N3O6S/c1-26(2,3)17-7-5-16(6-8-17)24(30)28-21-11-9-19(29-36(4,32)33)13-20(21)25(31)27-18-10-12-22-23(14-18)35-15-34-22/h5-14,29H,15H2,1-4H3,(H,27,31)(H,28,30). The normalized spacial score (nSPS) is 12.7. The van der Waals surface area contributed by atoms with Gasteiger partial charge in [-0.2, -0.15) is 0 Å². The third-order valence-corrected chi connectivity index (χ3v) is 6.07. The predicted molar refractivity (Wildman–Crippen MR) is 139 cm³/mol. The molecule has 9 nitrogen and oxygen atoms in total. The van der Waals surface area contributed by atoms with Crippen LogP contribution < -0.4 is 24.8 Å². The van der Waals surface area contributed by atoms with Gasteiger partial charge >= 0.3 is 0 Å². The minimum Gasteiger partial charge on any atom is -0.454 e. The first-order chi connectivity index (χ1) is 16.9. The molecule has 1 heterocycles. The molecule has 1 aliphatic heterocycles. The van der Waals surface area contributed by atoms with Gasteiger partial charge in [0, 0.05) is 23.0 Å². The molecule has 3 N–H and O–H groups in total. The van der Waals surface area contributed by atoms with E-state index in [1.165, 1.54) is 18.2 Å². The van der Waals surface area contributed by atoms with Gasteiger partial charge in [0.05, 0.1) is 17.5 Å². The maximum atomic E-state index is 13.2. The van der Waals surface area contributed by atoms with Crippen LogP contribution >= 0.6 is 0 Å². The molecular formula is C26H27N3O6S. The van der Waals surface area contributed by atoms with Gasteiger partial charge in [0.15, 0.2) is 11.5 Å². The Labute approximate surface area is 209 Å². The third kappa shape index (κ3) is 5.95. The summed E-state index contributed by atoms with van der Waals surface area (Å²) in [5.41, 5.74) is 2.36. The fourth-order valence-electron chi connectivity index (χ4n) is 3.61. The van der Waals surface area contributed by atoms with Crippen molar-refractivity contribution >= 4 is 38.9 Å². The molecule has 10 heteroatoms. The second-order valence-corrected chi connectivity index (χ2v) is 11.2. The lowest BCUT2D eigenvalue weighted by Crippen LogP contribution is -2.19. The van der Waals surface area contributed by atoms with Crippen LogP contribution in [0.1, 0.15) is 47.1 Å². The second-order valence-electron chi connectivity index (χ2n) is 9.44. The zero-order valence-corrected chi connectivity index (χ0v) is 21.2. The van der Waals surface area contributed by atoms with E-state index >= 15 is 0 Å². The molecule has 188 valence electrons. The Morgan fingerprint density at radius 2 is 1.47 bits per heavy atom. The van der Waals surface area contributed by atoms with Crippen molar-refractivity contribution in [3.8, 4) is 11.5 Å². The largest absolute Gasteiger partial charge is 0.454 e. The summed E-state index contributed by atoms with van der Waals surface area (Å²) in [5.74, 6) is 0.103. The lowest BCUT2D eigenvalue weighted by molar-refractivity contribution is 0.102. The molecular weight excluding hydrogens is 482 g/mol. The van der Waals surface area contributed by atoms with Gasteiger partial charge in [-0.05, 0) is 53.4 Å². The number of carbonyl (C=O) groups is 2. The second kappa shape index (κ2) is 9.54. The van der Waals surface area contributed by atoms with Gasteiger partial charge in [-0.15, -0.1) is 0 Å². The highest BCUT2D eigenvalue weighted by molar-refractivity contribution is 7.92. The van der Waals surface area contributed by atoms with Crippen molar-refractivity contribution in [1.82, 2.24) is 0 Å². The van der Waals surface area contributed by atoms with Crippen molar-refractivity contribution in [1.29, 1.82) is 0 Å². The highest BCUT2D eigenvalue weighted by Gasteiger charge is 2.20. The molecule has 0 unspecified atom stereocenters. The fraction of sp³-hybridized carbons (Fsp3) is 0.231. The zero-order chi connectivity index (χ0) is 26.1. The van der Waals surface area contributed by atoms with Crippen molar-refractivity contribution < 1.29 is 27.5 Å². The van der Waals surface area contributed by atoms with Crippen molar-refractivity contribution in [3.05, 3.63) is 77.4 Å². The maximum Gasteiger partial charge on any atom is 0.257 e. The van der Waals surface area contributed by atoms with E-state index in [1.54, 1.807) is 30.3 Å². The smallest absolute Gasteiger partial charge is 0.257 e. The number of nitrogens with one attached hydrogen (secondary N) is 3. The van der Waals surface area contributed by atoms with Crippen molar-refractivity contribution in [2.75, 3.05) is 28.4 Å². The Balaban J connectivity index is 1.61. The topological polar surface area (TPSA) is 123 Å². The number of benzene rings is 3. The summed E-state index contributed by atoms with van der Waals surface area (Å²) < 4.78 is 36.4. The Kier molecular flexibility index (Phi) is 6.64. The quantitative estimate of drug-likeness (QED) is 0.447. The van der Waals surface area contributed by atoms with Crippen LogP contribution in [0.3, 0.4) is 0 Å². The Bertz CT molecular complexity index is 1430. The van der Waals surface area contributed by atoms with Crippen LogP contribution in [0.25, 0.3) is 0 Å². The zero-order valence-electron chi connectivity index (χ0n) is 20.3. The van der Waals surface area contributed by atoms with E-state index < -0.39 is 21.8 Å². The number of sulfonamides is 1. The number of ether oxygens (including phenoxy) is 2. The molecule has 36 heavy (non-hydrogen) atoms. The number of hydrogen-bond donors (Lipinski definition) is 3. The van der Waals surface area contributed by atoms with E-state index in [-0.39, 0.29) is 29.1 Å². The minimum atomic E-state index is -3.58. The van der Waals surface area contributed by atoms with Gasteiger partial charge in [-0.25, -0.2) is 8.42 Å². The maximum absolute atomic E-state index is 13.2. The first kappa shape index (κ1) is 25.1. The molecule has 3 aromatic carbocycles. The molecule has 1 aliphatic rings. The predicted octanol–water partition coefficient (Wildman–Crippen LogP) is 4.59. The van der Waals surface area contributed by atoms with Crippen LogP contribution in [-0.2, 0) is 15.4 Å². The average molecular weight is 510 g/mol. The molecule has 3 aromatic rings. The van der Waals surface area contributed by atoms with E-state index in [0.717, 1.165) is 11.8 Å². The van der Waals surface area contributed by atoms with Gasteiger partial charge in [0.2, 0.25) is 16.8 Å². The van der Waals surface area contributed by atoms with Crippen LogP contribution in [0, 0.1) is 0 Å². The monoisotopic (exact) mass is 509 g/mol. The summed E-state index contributed by atoms with van der Waals surface area (Å²) in [6, 6.07) is 16.5. The third-order valence-electron chi connectivity index (χ3n) is 5.46. The number of amides is 2. The molecule has 4 rings (SSSR count). The summed E-state index contributed by atoms with van der Waals surface area (Å²) in [4.78, 5) is 26.2. The van der Waals surface area contributed by atoms with Crippen molar-refractivity contribution in [2.45, 2.75) is 26.2 Å². The highest BCUT2D eigenvalue weighted by atomic mass is 32.2. The first-order valence-electron chi connectivity index (χ1n) is 11.1. The van der Waals surface area contributed by atoms with E-state index in [0.29, 0.717) is 22.7 Å². The van der Waals surface area contributed by atoms with Crippen LogP contribution in [0.15, 0.2) is 60.7 Å². The lowest BCUT2D eigenvalue weighted by atomic mass is 9.86. The van der Waals surface area contributed by atoms with Gasteiger partial charge in [-0.1, -0.05) is 32.9 Å². The molecule has 0 atom stereocenters. The Morgan fingerprint density at radius 3 is 2.14 bits per heavy atom. The Morgan fingerprint density at radius 1 is 0.806 bits per heavy atom. The van der Waals surface area contributed by atoms with Crippen LogP contribution in [0.5, 0.6) is 11.5 Å². The SMILES string of the molecule is CC(C)(C)c1ccc(C(=O)Nc2ccc(NS(C)(=O)=O)cc2C(=O)Nc2ccc3c(c2)OCO3)cc1. The van der Waals surface area contributed by atoms with Crippen LogP contribution in [0.4, 0.5) is 17.1 Å². The van der Waals surface area contributed by atoms with E-state index in [1.807, 2.05) is 12.1 Å². The minimum absolute atomic E-state index is 0.0581. The van der Waals surface area contributed by atoms with E-state index in [2.05, 4.69) is 36.1 Å². The number of fused-ring (bicyclic) bond motifs is 1. The first-order valence-corrected chi connectivity index (χ1v) is 13.0. The van der Waals surface area contributed by atoms with Crippen LogP contribution in [-0.4, -0.2) is 33.3 Å². The lowest BCUT2D eigenvalue weighted by Gasteiger charge is -2.19. The molecule has 0 bridgehead atoms.